The Bertz CT molecular complexity index is 490. The second kappa shape index (κ2) is 5.34. The van der Waals surface area contributed by atoms with E-state index in [0.29, 0.717) is 5.92 Å². The van der Waals surface area contributed by atoms with E-state index < -0.39 is 0 Å². The van der Waals surface area contributed by atoms with Gasteiger partial charge in [-0.3, -0.25) is 0 Å². The minimum atomic E-state index is 0.234. The Balaban J connectivity index is 2.28. The Labute approximate surface area is 102 Å². The summed E-state index contributed by atoms with van der Waals surface area (Å²) in [6.07, 6.45) is 2.10. The first-order chi connectivity index (χ1) is 8.24. The van der Waals surface area contributed by atoms with Crippen LogP contribution in [0.5, 0.6) is 0 Å². The minimum Gasteiger partial charge on any atom is -0.396 e. The van der Waals surface area contributed by atoms with Crippen LogP contribution in [0.25, 0.3) is 10.9 Å². The van der Waals surface area contributed by atoms with Crippen LogP contribution in [-0.2, 0) is 13.1 Å². The monoisotopic (exact) mass is 232 g/mol. The van der Waals surface area contributed by atoms with Crippen LogP contribution in [0, 0.1) is 5.92 Å². The molecule has 3 nitrogen and oxygen atoms in total. The van der Waals surface area contributed by atoms with Gasteiger partial charge in [-0.05, 0) is 42.1 Å². The number of hydrogen-bond donors (Lipinski definition) is 2. The van der Waals surface area contributed by atoms with Gasteiger partial charge in [0, 0.05) is 31.4 Å². The first-order valence-corrected chi connectivity index (χ1v) is 6.08. The summed E-state index contributed by atoms with van der Waals surface area (Å²) in [5, 5.41) is 13.5. The number of nitrogens with zero attached hydrogens (tertiary/aromatic N) is 1. The van der Waals surface area contributed by atoms with Crippen LogP contribution in [0.2, 0.25) is 0 Å². The van der Waals surface area contributed by atoms with Gasteiger partial charge < -0.3 is 15.0 Å². The molecule has 0 aliphatic carbocycles. The first-order valence-electron chi connectivity index (χ1n) is 6.08. The van der Waals surface area contributed by atoms with Crippen LogP contribution >= 0.6 is 0 Å². The van der Waals surface area contributed by atoms with E-state index in [4.69, 9.17) is 5.11 Å². The quantitative estimate of drug-likeness (QED) is 0.827. The molecule has 0 saturated carbocycles. The summed E-state index contributed by atoms with van der Waals surface area (Å²) in [7, 11) is 1.96. The van der Waals surface area contributed by atoms with E-state index in [1.807, 2.05) is 7.05 Å². The fourth-order valence-corrected chi connectivity index (χ4v) is 2.12. The Morgan fingerprint density at radius 1 is 1.35 bits per heavy atom. The third-order valence-corrected chi connectivity index (χ3v) is 3.04. The molecule has 92 valence electrons. The number of benzene rings is 1. The van der Waals surface area contributed by atoms with Crippen LogP contribution in [0.15, 0.2) is 30.5 Å². The third kappa shape index (κ3) is 2.68. The van der Waals surface area contributed by atoms with Crippen LogP contribution in [0.3, 0.4) is 0 Å². The van der Waals surface area contributed by atoms with E-state index in [0.717, 1.165) is 13.1 Å². The maximum atomic E-state index is 9.10. The second-order valence-electron chi connectivity index (χ2n) is 4.68. The smallest absolute Gasteiger partial charge is 0.0480 e. The lowest BCUT2D eigenvalue weighted by Crippen LogP contribution is -2.10. The summed E-state index contributed by atoms with van der Waals surface area (Å²) in [6.45, 7) is 4.05. The number of aromatic nitrogens is 1. The molecule has 0 saturated heterocycles. The lowest BCUT2D eigenvalue weighted by Gasteiger charge is -2.10. The fraction of sp³-hybridized carbons (Fsp3) is 0.429. The highest BCUT2D eigenvalue weighted by Crippen LogP contribution is 2.19. The summed E-state index contributed by atoms with van der Waals surface area (Å²) < 4.78 is 2.21. The molecule has 0 amide bonds. The molecule has 0 aliphatic rings. The number of rotatable bonds is 5. The van der Waals surface area contributed by atoms with Gasteiger partial charge in [-0.1, -0.05) is 13.0 Å². The highest BCUT2D eigenvalue weighted by molar-refractivity contribution is 5.80. The van der Waals surface area contributed by atoms with Gasteiger partial charge in [0.05, 0.1) is 0 Å². The van der Waals surface area contributed by atoms with Crippen molar-refractivity contribution < 1.29 is 5.11 Å². The molecule has 3 heteroatoms. The second-order valence-corrected chi connectivity index (χ2v) is 4.68. The minimum absolute atomic E-state index is 0.234. The SMILES string of the molecule is CNCc1ccc2c(ccn2CC(C)CO)c1. The van der Waals surface area contributed by atoms with Gasteiger partial charge in [0.15, 0.2) is 0 Å². The molecule has 1 aromatic carbocycles. The van der Waals surface area contributed by atoms with E-state index in [9.17, 15) is 0 Å². The Hall–Kier alpha value is -1.32. The molecule has 0 radical (unpaired) electrons. The number of hydrogen-bond acceptors (Lipinski definition) is 2. The topological polar surface area (TPSA) is 37.2 Å². The molecule has 0 bridgehead atoms. The largest absolute Gasteiger partial charge is 0.396 e. The Kier molecular flexibility index (Phi) is 3.82. The van der Waals surface area contributed by atoms with Gasteiger partial charge in [-0.2, -0.15) is 0 Å². The van der Waals surface area contributed by atoms with Crippen LogP contribution < -0.4 is 5.32 Å². The number of aliphatic hydroxyl groups is 1. The molecule has 0 aliphatic heterocycles. The zero-order valence-corrected chi connectivity index (χ0v) is 10.5. The Morgan fingerprint density at radius 2 is 2.18 bits per heavy atom. The zero-order valence-electron chi connectivity index (χ0n) is 10.5. The molecule has 1 atom stereocenters. The average Bonchev–Trinajstić information content (AvgIpc) is 2.72. The molecule has 1 heterocycles. The first kappa shape index (κ1) is 12.1. The molecular weight excluding hydrogens is 212 g/mol. The molecule has 17 heavy (non-hydrogen) atoms. The lowest BCUT2D eigenvalue weighted by molar-refractivity contribution is 0.224. The molecule has 0 fully saturated rings. The van der Waals surface area contributed by atoms with Crippen molar-refractivity contribution in [2.45, 2.75) is 20.0 Å². The third-order valence-electron chi connectivity index (χ3n) is 3.04. The lowest BCUT2D eigenvalue weighted by atomic mass is 10.1. The van der Waals surface area contributed by atoms with Gasteiger partial charge in [0.2, 0.25) is 0 Å². The van der Waals surface area contributed by atoms with Crippen molar-refractivity contribution in [3.63, 3.8) is 0 Å². The summed E-state index contributed by atoms with van der Waals surface area (Å²) >= 11 is 0. The standard InChI is InChI=1S/C14H20N2O/c1-11(10-17)9-16-6-5-13-7-12(8-15-2)3-4-14(13)16/h3-7,11,15,17H,8-10H2,1-2H3. The van der Waals surface area contributed by atoms with Crippen molar-refractivity contribution in [1.29, 1.82) is 0 Å². The van der Waals surface area contributed by atoms with Crippen molar-refractivity contribution in [2.75, 3.05) is 13.7 Å². The molecular formula is C14H20N2O. The maximum absolute atomic E-state index is 9.10. The van der Waals surface area contributed by atoms with Crippen LogP contribution in [0.1, 0.15) is 12.5 Å². The highest BCUT2D eigenvalue weighted by atomic mass is 16.3. The van der Waals surface area contributed by atoms with Gasteiger partial charge >= 0.3 is 0 Å². The van der Waals surface area contributed by atoms with E-state index in [1.165, 1.54) is 16.5 Å². The predicted molar refractivity (Wildman–Crippen MR) is 71.0 cm³/mol. The average molecular weight is 232 g/mol. The van der Waals surface area contributed by atoms with Gasteiger partial charge in [-0.15, -0.1) is 0 Å². The van der Waals surface area contributed by atoms with Crippen molar-refractivity contribution in [3.05, 3.63) is 36.0 Å². The highest BCUT2D eigenvalue weighted by Gasteiger charge is 2.05. The van der Waals surface area contributed by atoms with Crippen molar-refractivity contribution >= 4 is 10.9 Å². The molecule has 2 rings (SSSR count). The van der Waals surface area contributed by atoms with Gasteiger partial charge in [-0.25, -0.2) is 0 Å². The van der Waals surface area contributed by atoms with Gasteiger partial charge in [0.1, 0.15) is 0 Å². The van der Waals surface area contributed by atoms with Crippen LogP contribution in [0.4, 0.5) is 0 Å². The number of fused-ring (bicyclic) bond motifs is 1. The summed E-state index contributed by atoms with van der Waals surface area (Å²) in [5.74, 6) is 0.294. The molecule has 2 aromatic rings. The molecule has 1 unspecified atom stereocenters. The van der Waals surface area contributed by atoms with E-state index in [-0.39, 0.29) is 6.61 Å². The fourth-order valence-electron chi connectivity index (χ4n) is 2.12. The van der Waals surface area contributed by atoms with Crippen molar-refractivity contribution in [3.8, 4) is 0 Å². The van der Waals surface area contributed by atoms with Crippen molar-refractivity contribution in [2.24, 2.45) is 5.92 Å². The van der Waals surface area contributed by atoms with E-state index >= 15 is 0 Å². The predicted octanol–water partition coefficient (Wildman–Crippen LogP) is 1.99. The maximum Gasteiger partial charge on any atom is 0.0480 e. The molecule has 1 aromatic heterocycles. The van der Waals surface area contributed by atoms with E-state index in [1.54, 1.807) is 0 Å². The number of nitrogens with one attached hydrogen (secondary N) is 1. The Morgan fingerprint density at radius 3 is 2.88 bits per heavy atom. The summed E-state index contributed by atoms with van der Waals surface area (Å²) in [4.78, 5) is 0. The van der Waals surface area contributed by atoms with E-state index in [2.05, 4.69) is 47.3 Å². The number of aliphatic hydroxyl groups excluding tert-OH is 1. The summed E-state index contributed by atoms with van der Waals surface area (Å²) in [5.41, 5.74) is 2.54. The normalized spacial score (nSPS) is 13.1. The molecule has 0 spiro atoms. The van der Waals surface area contributed by atoms with Crippen LogP contribution in [-0.4, -0.2) is 23.3 Å². The van der Waals surface area contributed by atoms with Gasteiger partial charge in [0.25, 0.3) is 0 Å². The molecule has 2 N–H and O–H groups in total. The summed E-state index contributed by atoms with van der Waals surface area (Å²) in [6, 6.07) is 8.66. The van der Waals surface area contributed by atoms with Crippen molar-refractivity contribution in [1.82, 2.24) is 9.88 Å². The zero-order chi connectivity index (χ0) is 12.3.